The lowest BCUT2D eigenvalue weighted by Crippen LogP contribution is -2.57. The van der Waals surface area contributed by atoms with E-state index in [0.717, 1.165) is 68.3 Å². The summed E-state index contributed by atoms with van der Waals surface area (Å²) in [7, 11) is 0. The number of hydrogen-bond acceptors (Lipinski definition) is 7. The molecule has 0 unspecified atom stereocenters. The molecule has 0 saturated carbocycles. The summed E-state index contributed by atoms with van der Waals surface area (Å²) in [6, 6.07) is 11.2. The van der Waals surface area contributed by atoms with Crippen LogP contribution in [0, 0.1) is 11.7 Å². The minimum absolute atomic E-state index is 0.257. The van der Waals surface area contributed by atoms with Crippen LogP contribution in [0.15, 0.2) is 40.9 Å². The summed E-state index contributed by atoms with van der Waals surface area (Å²) in [5.74, 6) is 1.76. The Kier molecular flexibility index (Phi) is 6.57. The summed E-state index contributed by atoms with van der Waals surface area (Å²) in [5, 5.41) is 5.02. The molecule has 3 aliphatic rings. The summed E-state index contributed by atoms with van der Waals surface area (Å²) < 4.78 is 25.4. The van der Waals surface area contributed by atoms with E-state index in [0.29, 0.717) is 24.1 Å². The lowest BCUT2D eigenvalue weighted by molar-refractivity contribution is 0.0716. The number of fused-ring (bicyclic) bond motifs is 2. The maximum absolute atomic E-state index is 13.8. The third-order valence-electron chi connectivity index (χ3n) is 7.80. The number of piperazine rings is 1. The van der Waals surface area contributed by atoms with Gasteiger partial charge in [-0.05, 0) is 63.0 Å². The number of rotatable bonds is 6. The molecule has 7 nitrogen and oxygen atoms in total. The highest BCUT2D eigenvalue weighted by atomic mass is 19.1. The van der Waals surface area contributed by atoms with Crippen molar-refractivity contribution in [2.45, 2.75) is 44.7 Å². The Morgan fingerprint density at radius 1 is 1.00 bits per heavy atom. The Balaban J connectivity index is 1.02. The van der Waals surface area contributed by atoms with Gasteiger partial charge in [0.25, 0.3) is 0 Å². The molecule has 1 aromatic carbocycles. The second-order valence-corrected chi connectivity index (χ2v) is 10.3. The van der Waals surface area contributed by atoms with Crippen LogP contribution >= 0.6 is 0 Å². The number of halogens is 1. The molecule has 2 aromatic heterocycles. The minimum atomic E-state index is -0.257. The van der Waals surface area contributed by atoms with Gasteiger partial charge in [-0.2, -0.15) is 0 Å². The summed E-state index contributed by atoms with van der Waals surface area (Å²) >= 11 is 0. The smallest absolute Gasteiger partial charge is 0.213 e. The van der Waals surface area contributed by atoms with Crippen LogP contribution < -0.4 is 9.64 Å². The zero-order chi connectivity index (χ0) is 23.6. The second kappa shape index (κ2) is 10.1. The van der Waals surface area contributed by atoms with Crippen LogP contribution in [0.5, 0.6) is 5.88 Å². The van der Waals surface area contributed by atoms with Crippen molar-refractivity contribution in [3.8, 4) is 5.88 Å². The molecule has 6 rings (SSSR count). The van der Waals surface area contributed by atoms with Crippen molar-refractivity contribution < 1.29 is 13.7 Å². The van der Waals surface area contributed by atoms with E-state index in [1.807, 2.05) is 6.07 Å². The first-order valence-corrected chi connectivity index (χ1v) is 13.1. The van der Waals surface area contributed by atoms with Crippen molar-refractivity contribution >= 4 is 16.8 Å². The van der Waals surface area contributed by atoms with Gasteiger partial charge in [0.2, 0.25) is 5.88 Å². The predicted octanol–water partition coefficient (Wildman–Crippen LogP) is 4.33. The number of benzene rings is 1. The van der Waals surface area contributed by atoms with Gasteiger partial charge in [0.1, 0.15) is 5.82 Å². The molecule has 3 saturated heterocycles. The van der Waals surface area contributed by atoms with Crippen molar-refractivity contribution in [1.82, 2.24) is 19.9 Å². The molecule has 0 spiro atoms. The van der Waals surface area contributed by atoms with E-state index in [2.05, 4.69) is 32.0 Å². The van der Waals surface area contributed by atoms with Crippen molar-refractivity contribution in [2.24, 2.45) is 5.92 Å². The van der Waals surface area contributed by atoms with Gasteiger partial charge in [-0.3, -0.25) is 9.80 Å². The zero-order valence-corrected chi connectivity index (χ0v) is 20.2. The van der Waals surface area contributed by atoms with Crippen molar-refractivity contribution in [2.75, 3.05) is 50.8 Å². The maximum atomic E-state index is 13.8. The van der Waals surface area contributed by atoms with E-state index >= 15 is 0 Å². The monoisotopic (exact) mass is 479 g/mol. The Labute approximate surface area is 205 Å². The van der Waals surface area contributed by atoms with E-state index in [4.69, 9.17) is 14.2 Å². The normalized spacial score (nSPS) is 24.0. The molecular weight excluding hydrogens is 445 g/mol. The van der Waals surface area contributed by atoms with Crippen LogP contribution in [0.3, 0.4) is 0 Å². The number of nitrogens with zero attached hydrogens (tertiary/aromatic N) is 5. The average Bonchev–Trinajstić information content (AvgIpc) is 3.31. The van der Waals surface area contributed by atoms with E-state index in [9.17, 15) is 4.39 Å². The fraction of sp³-hybridized carbons (Fsp3) is 0.556. The molecule has 3 aliphatic heterocycles. The van der Waals surface area contributed by atoms with Gasteiger partial charge in [-0.25, -0.2) is 9.37 Å². The highest BCUT2D eigenvalue weighted by molar-refractivity contribution is 5.88. The standard InChI is InChI=1S/C27H34FN5O2/c28-21-8-10-25-24(15-21)27(30-35-25)33-14-13-32-16-20(7-9-23(32)18-33)19-34-26-6-4-5-22(29-26)17-31-11-2-1-3-12-31/h4-6,8,10,15,20,23H,1-3,7,9,11-14,16-19H2/t20-,23-/m1/s1. The van der Waals surface area contributed by atoms with E-state index < -0.39 is 0 Å². The van der Waals surface area contributed by atoms with Crippen LogP contribution in [-0.2, 0) is 6.54 Å². The summed E-state index contributed by atoms with van der Waals surface area (Å²) in [4.78, 5) is 12.1. The number of ether oxygens (including phenoxy) is 1. The average molecular weight is 480 g/mol. The first-order chi connectivity index (χ1) is 17.2. The number of anilines is 1. The topological polar surface area (TPSA) is 57.9 Å². The van der Waals surface area contributed by atoms with E-state index in [1.165, 1.54) is 44.5 Å². The molecule has 35 heavy (non-hydrogen) atoms. The first kappa shape index (κ1) is 22.7. The van der Waals surface area contributed by atoms with Gasteiger partial charge < -0.3 is 14.2 Å². The number of pyridine rings is 1. The van der Waals surface area contributed by atoms with Gasteiger partial charge in [0.15, 0.2) is 11.4 Å². The highest BCUT2D eigenvalue weighted by Gasteiger charge is 2.34. The number of hydrogen-bond donors (Lipinski definition) is 0. The first-order valence-electron chi connectivity index (χ1n) is 13.1. The summed E-state index contributed by atoms with van der Waals surface area (Å²) in [5.41, 5.74) is 1.74. The SMILES string of the molecule is Fc1ccc2onc(N3CCN4C[C@H](COc5cccc(CN6CCCCC6)n5)CC[C@@H]4C3)c2c1. The predicted molar refractivity (Wildman–Crippen MR) is 133 cm³/mol. The molecular formula is C27H34FN5O2. The Bertz CT molecular complexity index is 1150. The third-order valence-corrected chi connectivity index (χ3v) is 7.80. The van der Waals surface area contributed by atoms with Gasteiger partial charge in [0, 0.05) is 50.7 Å². The van der Waals surface area contributed by atoms with Crippen molar-refractivity contribution in [3.05, 3.63) is 47.9 Å². The van der Waals surface area contributed by atoms with Crippen LogP contribution in [0.4, 0.5) is 10.2 Å². The number of piperidine rings is 2. The van der Waals surface area contributed by atoms with E-state index in [-0.39, 0.29) is 5.82 Å². The molecule has 5 heterocycles. The largest absolute Gasteiger partial charge is 0.477 e. The fourth-order valence-electron chi connectivity index (χ4n) is 5.89. The lowest BCUT2D eigenvalue weighted by atomic mass is 9.91. The Morgan fingerprint density at radius 2 is 1.91 bits per heavy atom. The maximum Gasteiger partial charge on any atom is 0.213 e. The molecule has 0 radical (unpaired) electrons. The Hall–Kier alpha value is -2.71. The summed E-state index contributed by atoms with van der Waals surface area (Å²) in [6.45, 7) is 7.74. The fourth-order valence-corrected chi connectivity index (χ4v) is 5.89. The number of aromatic nitrogens is 2. The molecule has 0 bridgehead atoms. The number of likely N-dealkylation sites (tertiary alicyclic amines) is 1. The molecule has 3 aromatic rings. The van der Waals surface area contributed by atoms with Crippen molar-refractivity contribution in [3.63, 3.8) is 0 Å². The second-order valence-electron chi connectivity index (χ2n) is 10.3. The van der Waals surface area contributed by atoms with Gasteiger partial charge >= 0.3 is 0 Å². The molecule has 2 atom stereocenters. The Morgan fingerprint density at radius 3 is 2.83 bits per heavy atom. The lowest BCUT2D eigenvalue weighted by Gasteiger charge is -2.46. The zero-order valence-electron chi connectivity index (χ0n) is 20.2. The molecule has 8 heteroatoms. The molecule has 186 valence electrons. The third kappa shape index (κ3) is 5.14. The van der Waals surface area contributed by atoms with Crippen LogP contribution in [0.25, 0.3) is 11.0 Å². The van der Waals surface area contributed by atoms with Crippen LogP contribution in [-0.4, -0.2) is 71.9 Å². The van der Waals surface area contributed by atoms with Crippen LogP contribution in [0.2, 0.25) is 0 Å². The molecule has 3 fully saturated rings. The van der Waals surface area contributed by atoms with Gasteiger partial charge in [0.05, 0.1) is 17.7 Å². The van der Waals surface area contributed by atoms with Gasteiger partial charge in [-0.15, -0.1) is 0 Å². The van der Waals surface area contributed by atoms with Crippen molar-refractivity contribution in [1.29, 1.82) is 0 Å². The quantitative estimate of drug-likeness (QED) is 0.522. The molecule has 0 aliphatic carbocycles. The minimum Gasteiger partial charge on any atom is -0.477 e. The highest BCUT2D eigenvalue weighted by Crippen LogP contribution is 2.32. The molecule has 0 amide bonds. The molecule has 0 N–H and O–H groups in total. The van der Waals surface area contributed by atoms with E-state index in [1.54, 1.807) is 6.07 Å². The van der Waals surface area contributed by atoms with Gasteiger partial charge in [-0.1, -0.05) is 17.6 Å². The van der Waals surface area contributed by atoms with Crippen LogP contribution in [0.1, 0.15) is 37.8 Å². The summed E-state index contributed by atoms with van der Waals surface area (Å²) in [6.07, 6.45) is 6.19.